The number of thiophene rings is 4. The van der Waals surface area contributed by atoms with Gasteiger partial charge in [0.05, 0.1) is 29.3 Å². The van der Waals surface area contributed by atoms with Crippen molar-refractivity contribution in [2.24, 2.45) is 0 Å². The van der Waals surface area contributed by atoms with Gasteiger partial charge in [-0.15, -0.1) is 45.3 Å². The second kappa shape index (κ2) is 15.9. The third-order valence-electron chi connectivity index (χ3n) is 14.1. The highest BCUT2D eigenvalue weighted by atomic mass is 32.1. The summed E-state index contributed by atoms with van der Waals surface area (Å²) in [5.41, 5.74) is 14.2. The van der Waals surface area contributed by atoms with Crippen molar-refractivity contribution in [3.63, 3.8) is 0 Å². The van der Waals surface area contributed by atoms with Crippen LogP contribution in [0, 0.1) is 11.3 Å². The van der Waals surface area contributed by atoms with Crippen molar-refractivity contribution >= 4 is 83.9 Å². The van der Waals surface area contributed by atoms with E-state index in [0.717, 1.165) is 67.9 Å². The summed E-state index contributed by atoms with van der Waals surface area (Å²) in [7, 11) is 0. The van der Waals surface area contributed by atoms with Crippen molar-refractivity contribution in [3.05, 3.63) is 154 Å². The first-order chi connectivity index (χ1) is 34.0. The van der Waals surface area contributed by atoms with E-state index >= 15 is 0 Å². The lowest BCUT2D eigenvalue weighted by molar-refractivity contribution is -0.132. The predicted molar refractivity (Wildman–Crippen MR) is 285 cm³/mol. The van der Waals surface area contributed by atoms with Crippen molar-refractivity contribution in [2.75, 3.05) is 31.3 Å². The number of rotatable bonds is 8. The molecule has 0 saturated heterocycles. The van der Waals surface area contributed by atoms with Gasteiger partial charge >= 0.3 is 5.97 Å². The molecular weight excluding hydrogens is 949 g/mol. The smallest absolute Gasteiger partial charge is 0.346 e. The average molecular weight is 991 g/mol. The van der Waals surface area contributed by atoms with Gasteiger partial charge in [-0.05, 0) is 105 Å². The fraction of sp³-hybridized carbons (Fsp3) is 0.172. The minimum atomic E-state index is -1.28. The summed E-state index contributed by atoms with van der Waals surface area (Å²) >= 11 is 6.40. The van der Waals surface area contributed by atoms with Crippen LogP contribution in [0.5, 0.6) is 23.0 Å². The van der Waals surface area contributed by atoms with Crippen LogP contribution in [0.4, 0.5) is 17.1 Å². The molecule has 2 aliphatic heterocycles. The van der Waals surface area contributed by atoms with Crippen molar-refractivity contribution in [1.29, 1.82) is 5.26 Å². The van der Waals surface area contributed by atoms with E-state index < -0.39 is 5.97 Å². The number of carboxylic acid groups (broad SMARTS) is 1. The third-order valence-corrected chi connectivity index (χ3v) is 19.1. The summed E-state index contributed by atoms with van der Waals surface area (Å²) in [6.07, 6.45) is 1.36. The predicted octanol–water partition coefficient (Wildman–Crippen LogP) is 15.7. The monoisotopic (exact) mass is 990 g/mol. The van der Waals surface area contributed by atoms with E-state index in [4.69, 9.17) is 18.9 Å². The van der Waals surface area contributed by atoms with Gasteiger partial charge in [0.2, 0.25) is 0 Å². The van der Waals surface area contributed by atoms with Crippen LogP contribution < -0.4 is 23.8 Å². The van der Waals surface area contributed by atoms with Gasteiger partial charge in [0.1, 0.15) is 38.1 Å². The van der Waals surface area contributed by atoms with Crippen LogP contribution in [-0.2, 0) is 15.6 Å². The Hall–Kier alpha value is -7.14. The zero-order valence-corrected chi connectivity index (χ0v) is 41.7. The Morgan fingerprint density at radius 3 is 1.54 bits per heavy atom. The Bertz CT molecular complexity index is 3610. The summed E-state index contributed by atoms with van der Waals surface area (Å²) in [5, 5.41) is 19.0. The SMILES string of the molecule is CC1(C)c2ccccc2-c2ccc(N(c3ccc(-c4sc(-c5cc6sc(-c7sc(C=C(C#N)C(=O)O)c8c7OCCO8)cc6s5)c5c4OCCO5)cc3)c3ccc4c(c3)C(C)(C)c3ccccc3-4)cc21. The molecule has 0 amide bonds. The summed E-state index contributed by atoms with van der Waals surface area (Å²) < 4.78 is 27.1. The lowest BCUT2D eigenvalue weighted by Crippen LogP contribution is -2.18. The molecule has 6 heterocycles. The van der Waals surface area contributed by atoms with Crippen LogP contribution in [0.2, 0.25) is 0 Å². The quantitative estimate of drug-likeness (QED) is 0.119. The third kappa shape index (κ3) is 6.52. The molecule has 4 aliphatic rings. The van der Waals surface area contributed by atoms with Crippen LogP contribution >= 0.6 is 45.3 Å². The van der Waals surface area contributed by atoms with Gasteiger partial charge in [-0.25, -0.2) is 4.79 Å². The number of nitrogens with zero attached hydrogens (tertiary/aromatic N) is 2. The Labute approximate surface area is 420 Å². The molecule has 4 aromatic heterocycles. The number of aliphatic carboxylic acids is 1. The van der Waals surface area contributed by atoms with E-state index in [1.54, 1.807) is 40.1 Å². The van der Waals surface area contributed by atoms with Crippen LogP contribution in [0.3, 0.4) is 0 Å². The van der Waals surface area contributed by atoms with Gasteiger partial charge in [-0.3, -0.25) is 0 Å². The van der Waals surface area contributed by atoms with Crippen LogP contribution in [0.1, 0.15) is 54.8 Å². The summed E-state index contributed by atoms with van der Waals surface area (Å²) in [6.45, 7) is 11.0. The molecule has 0 unspecified atom stereocenters. The molecule has 9 aromatic rings. The van der Waals surface area contributed by atoms with Crippen LogP contribution in [-0.4, -0.2) is 37.5 Å². The number of carboxylic acids is 1. The second-order valence-corrected chi connectivity index (χ2v) is 23.1. The van der Waals surface area contributed by atoms with E-state index in [2.05, 4.69) is 154 Å². The lowest BCUT2D eigenvalue weighted by Gasteiger charge is -2.30. The highest BCUT2D eigenvalue weighted by Crippen LogP contribution is 2.59. The van der Waals surface area contributed by atoms with Crippen LogP contribution in [0.25, 0.3) is 67.7 Å². The summed E-state index contributed by atoms with van der Waals surface area (Å²) in [4.78, 5) is 19.6. The first-order valence-electron chi connectivity index (χ1n) is 23.1. The van der Waals surface area contributed by atoms with Crippen molar-refractivity contribution in [3.8, 4) is 81.3 Å². The number of carbonyl (C=O) groups is 1. The molecule has 0 atom stereocenters. The maximum Gasteiger partial charge on any atom is 0.346 e. The fourth-order valence-electron chi connectivity index (χ4n) is 10.7. The highest BCUT2D eigenvalue weighted by Gasteiger charge is 2.38. The molecule has 8 nitrogen and oxygen atoms in total. The molecule has 0 bridgehead atoms. The zero-order valence-electron chi connectivity index (χ0n) is 38.5. The average Bonchev–Trinajstić information content (AvgIpc) is 4.22. The van der Waals surface area contributed by atoms with E-state index in [1.807, 2.05) is 0 Å². The minimum Gasteiger partial charge on any atom is -0.485 e. The van der Waals surface area contributed by atoms with Gasteiger partial charge in [-0.1, -0.05) is 100 Å². The zero-order chi connectivity index (χ0) is 47.6. The van der Waals surface area contributed by atoms with Crippen LogP contribution in [0.15, 0.2) is 127 Å². The van der Waals surface area contributed by atoms with E-state index in [1.165, 1.54) is 61.9 Å². The lowest BCUT2D eigenvalue weighted by atomic mass is 9.82. The topological polar surface area (TPSA) is 101 Å². The molecule has 0 radical (unpaired) electrons. The molecule has 1 N–H and O–H groups in total. The first kappa shape index (κ1) is 42.9. The van der Waals surface area contributed by atoms with Gasteiger partial charge in [-0.2, -0.15) is 5.26 Å². The highest BCUT2D eigenvalue weighted by molar-refractivity contribution is 7.34. The molecule has 12 heteroatoms. The molecule has 13 rings (SSSR count). The van der Waals surface area contributed by atoms with E-state index in [0.29, 0.717) is 42.8 Å². The summed E-state index contributed by atoms with van der Waals surface area (Å²) in [5.74, 6) is 1.32. The fourth-order valence-corrected chi connectivity index (χ4v) is 15.7. The number of hydrogen-bond donors (Lipinski definition) is 1. The number of anilines is 3. The van der Waals surface area contributed by atoms with Crippen molar-refractivity contribution < 1.29 is 28.8 Å². The maximum atomic E-state index is 11.7. The molecular formula is C58H42N2O6S4. The maximum absolute atomic E-state index is 11.7. The Morgan fingerprint density at radius 1 is 0.557 bits per heavy atom. The molecule has 2 aliphatic carbocycles. The minimum absolute atomic E-state index is 0.151. The molecule has 70 heavy (non-hydrogen) atoms. The normalized spacial score (nSPS) is 15.5. The number of benzene rings is 5. The molecule has 344 valence electrons. The molecule has 5 aromatic carbocycles. The standard InChI is InChI=1S/C58H42N2O6S4/c1-57(2)40-11-7-5-9-36(40)38-19-17-34(26-42(38)57)60(35-18-20-39-37-10-6-8-12-41(37)58(3,4)43(39)27-35)33-15-13-31(14-16-33)53-51-52(66-24-23-65-51)55(70-53)48-29-45-44(68-48)28-47(67-45)54-50-49(63-21-22-64-50)46(69-54)25-32(30-59)56(61)62/h5-20,25-29H,21-24H2,1-4H3,(H,61,62). The van der Waals surface area contributed by atoms with Gasteiger partial charge in [0, 0.05) is 37.3 Å². The largest absolute Gasteiger partial charge is 0.485 e. The van der Waals surface area contributed by atoms with Gasteiger partial charge in [0.15, 0.2) is 23.0 Å². The molecule has 0 saturated carbocycles. The Kier molecular flexibility index (Phi) is 9.78. The number of ether oxygens (including phenoxy) is 4. The van der Waals surface area contributed by atoms with E-state index in [9.17, 15) is 15.2 Å². The van der Waals surface area contributed by atoms with Gasteiger partial charge in [0.25, 0.3) is 0 Å². The second-order valence-electron chi connectivity index (χ2n) is 18.9. The number of hydrogen-bond acceptors (Lipinski definition) is 11. The Morgan fingerprint density at radius 2 is 1.01 bits per heavy atom. The van der Waals surface area contributed by atoms with E-state index in [-0.39, 0.29) is 16.4 Å². The van der Waals surface area contributed by atoms with Crippen molar-refractivity contribution in [2.45, 2.75) is 38.5 Å². The number of nitriles is 1. The molecule has 0 spiro atoms. The summed E-state index contributed by atoms with van der Waals surface area (Å²) in [6, 6.07) is 46.6. The molecule has 0 fully saturated rings. The Balaban J connectivity index is 0.872. The van der Waals surface area contributed by atoms with Crippen molar-refractivity contribution in [1.82, 2.24) is 0 Å². The van der Waals surface area contributed by atoms with Gasteiger partial charge < -0.3 is 29.0 Å². The first-order valence-corrected chi connectivity index (χ1v) is 26.4. The number of fused-ring (bicyclic) bond motifs is 9.